The van der Waals surface area contributed by atoms with Gasteiger partial charge in [-0.15, -0.1) is 22.9 Å². The van der Waals surface area contributed by atoms with Crippen LogP contribution in [0.25, 0.3) is 10.8 Å². The van der Waals surface area contributed by atoms with E-state index in [9.17, 15) is 41.3 Å². The summed E-state index contributed by atoms with van der Waals surface area (Å²) in [6, 6.07) is 12.9. The second-order valence-electron chi connectivity index (χ2n) is 8.09. The molecule has 4 rings (SSSR count). The van der Waals surface area contributed by atoms with Crippen molar-refractivity contribution in [1.29, 1.82) is 0 Å². The SMILES string of the molecule is CNc1cc(N=Nc2c(Nc3cc(S(=O)(=O)O)ccc3O)ccc3cccc(O)c23)c(O)c(S(=O)(=O)O)c1.O=S(=O)=O.[Cu]. The Morgan fingerprint density at radius 3 is 2.00 bits per heavy atom. The number of nitrogens with zero attached hydrogens (tertiary/aromatic N) is 2. The van der Waals surface area contributed by atoms with Crippen molar-refractivity contribution >= 4 is 70.1 Å². The fourth-order valence-corrected chi connectivity index (χ4v) is 4.71. The molecule has 0 aliphatic heterocycles. The van der Waals surface area contributed by atoms with Gasteiger partial charge in [0.15, 0.2) is 5.75 Å². The van der Waals surface area contributed by atoms with Crippen molar-refractivity contribution in [2.45, 2.75) is 9.79 Å². The monoisotopic (exact) mass is 703 g/mol. The van der Waals surface area contributed by atoms with Crippen molar-refractivity contribution in [3.05, 3.63) is 60.7 Å². The van der Waals surface area contributed by atoms with Gasteiger partial charge in [0.2, 0.25) is 0 Å². The predicted octanol–water partition coefficient (Wildman–Crippen LogP) is 3.64. The molecule has 16 nitrogen and oxygen atoms in total. The molecule has 0 atom stereocenters. The van der Waals surface area contributed by atoms with Gasteiger partial charge in [-0.05, 0) is 47.9 Å². The summed E-state index contributed by atoms with van der Waals surface area (Å²) >= 11 is 0. The van der Waals surface area contributed by atoms with Gasteiger partial charge in [0.1, 0.15) is 27.8 Å². The Labute approximate surface area is 255 Å². The summed E-state index contributed by atoms with van der Waals surface area (Å²) in [6.07, 6.45) is 0. The van der Waals surface area contributed by atoms with E-state index in [4.69, 9.17) is 12.6 Å². The molecule has 0 aromatic heterocycles. The van der Waals surface area contributed by atoms with E-state index in [2.05, 4.69) is 20.9 Å². The number of rotatable bonds is 7. The first-order chi connectivity index (χ1) is 19.5. The second kappa shape index (κ2) is 13.8. The molecule has 0 saturated carbocycles. The van der Waals surface area contributed by atoms with Gasteiger partial charge in [-0.25, -0.2) is 0 Å². The average Bonchev–Trinajstić information content (AvgIpc) is 2.88. The summed E-state index contributed by atoms with van der Waals surface area (Å²) < 4.78 is 90.8. The number of fused-ring (bicyclic) bond motifs is 1. The molecule has 4 aromatic carbocycles. The van der Waals surface area contributed by atoms with E-state index < -0.39 is 46.4 Å². The van der Waals surface area contributed by atoms with Gasteiger partial charge in [0.25, 0.3) is 20.2 Å². The van der Waals surface area contributed by atoms with Crippen LogP contribution in [-0.2, 0) is 47.9 Å². The minimum absolute atomic E-state index is 0. The molecule has 4 aromatic rings. The summed E-state index contributed by atoms with van der Waals surface area (Å²) in [4.78, 5) is -1.32. The van der Waals surface area contributed by atoms with Crippen LogP contribution >= 0.6 is 0 Å². The number of phenols is 3. The van der Waals surface area contributed by atoms with E-state index >= 15 is 0 Å². The maximum absolute atomic E-state index is 11.7. The molecule has 0 aliphatic rings. The number of nitrogens with one attached hydrogen (secondary N) is 2. The zero-order chi connectivity index (χ0) is 31.4. The molecular formula is C23H20CuN4O12S3. The van der Waals surface area contributed by atoms with Crippen LogP contribution in [0.4, 0.5) is 28.4 Å². The van der Waals surface area contributed by atoms with Crippen molar-refractivity contribution in [2.24, 2.45) is 10.2 Å². The Kier molecular flexibility index (Phi) is 11.2. The molecule has 0 aliphatic carbocycles. The molecule has 0 unspecified atom stereocenters. The minimum atomic E-state index is -4.82. The summed E-state index contributed by atoms with van der Waals surface area (Å²) in [5.74, 6) is -1.48. The molecule has 43 heavy (non-hydrogen) atoms. The third-order valence-electron chi connectivity index (χ3n) is 5.41. The van der Waals surface area contributed by atoms with Crippen LogP contribution in [0.1, 0.15) is 0 Å². The molecule has 0 fully saturated rings. The Bertz CT molecular complexity index is 2050. The third-order valence-corrected chi connectivity index (χ3v) is 7.13. The van der Waals surface area contributed by atoms with Crippen LogP contribution in [0.3, 0.4) is 0 Å². The van der Waals surface area contributed by atoms with Gasteiger partial charge in [0, 0.05) is 29.8 Å². The largest absolute Gasteiger partial charge is 0.507 e. The normalized spacial score (nSPS) is 11.3. The molecule has 0 saturated heterocycles. The zero-order valence-corrected chi connectivity index (χ0v) is 24.7. The molecular weight excluding hydrogens is 684 g/mol. The minimum Gasteiger partial charge on any atom is -0.507 e. The van der Waals surface area contributed by atoms with Crippen LogP contribution in [0.5, 0.6) is 17.2 Å². The fraction of sp³-hybridized carbons (Fsp3) is 0.0435. The third kappa shape index (κ3) is 8.61. The van der Waals surface area contributed by atoms with Crippen LogP contribution in [-0.4, -0.2) is 60.9 Å². The van der Waals surface area contributed by atoms with Crippen LogP contribution in [0.15, 0.2) is 80.7 Å². The summed E-state index contributed by atoms with van der Waals surface area (Å²) in [5, 5.41) is 45.5. The molecule has 0 heterocycles. The second-order valence-corrected chi connectivity index (χ2v) is 11.3. The Hall–Kier alpha value is -4.30. The summed E-state index contributed by atoms with van der Waals surface area (Å²) in [6.45, 7) is 0. The smallest absolute Gasteiger partial charge is 0.425 e. The first kappa shape index (κ1) is 34.9. The molecule has 0 spiro atoms. The molecule has 0 bridgehead atoms. The van der Waals surface area contributed by atoms with Crippen LogP contribution in [0, 0.1) is 0 Å². The summed E-state index contributed by atoms with van der Waals surface area (Å²) in [7, 11) is -11.1. The van der Waals surface area contributed by atoms with Gasteiger partial charge >= 0.3 is 10.6 Å². The van der Waals surface area contributed by atoms with Crippen molar-refractivity contribution in [3.63, 3.8) is 0 Å². The van der Waals surface area contributed by atoms with Gasteiger partial charge in [0.05, 0.1) is 21.7 Å². The quantitative estimate of drug-likeness (QED) is 0.0476. The zero-order valence-electron chi connectivity index (χ0n) is 21.3. The molecule has 233 valence electrons. The van der Waals surface area contributed by atoms with E-state index in [0.29, 0.717) is 5.39 Å². The molecule has 7 N–H and O–H groups in total. The van der Waals surface area contributed by atoms with E-state index in [1.54, 1.807) is 18.2 Å². The number of anilines is 3. The first-order valence-electron chi connectivity index (χ1n) is 11.1. The van der Waals surface area contributed by atoms with E-state index in [1.165, 1.54) is 25.2 Å². The van der Waals surface area contributed by atoms with E-state index in [1.807, 2.05) is 0 Å². The number of hydrogen-bond acceptors (Lipinski definition) is 14. The van der Waals surface area contributed by atoms with E-state index in [-0.39, 0.29) is 62.4 Å². The van der Waals surface area contributed by atoms with Gasteiger partial charge in [-0.2, -0.15) is 16.8 Å². The van der Waals surface area contributed by atoms with E-state index in [0.717, 1.165) is 24.3 Å². The number of phenolic OH excluding ortho intramolecular Hbond substituents is 3. The van der Waals surface area contributed by atoms with Gasteiger partial charge < -0.3 is 26.0 Å². The topological polar surface area (TPSA) is 269 Å². The Morgan fingerprint density at radius 2 is 1.42 bits per heavy atom. The number of hydrogen-bond donors (Lipinski definition) is 7. The Morgan fingerprint density at radius 1 is 0.767 bits per heavy atom. The Balaban J connectivity index is 0.00000121. The number of benzene rings is 4. The molecule has 1 radical (unpaired) electrons. The van der Waals surface area contributed by atoms with Crippen molar-refractivity contribution in [1.82, 2.24) is 0 Å². The number of aromatic hydroxyl groups is 3. The molecule has 0 amide bonds. The van der Waals surface area contributed by atoms with Crippen molar-refractivity contribution in [2.75, 3.05) is 17.7 Å². The van der Waals surface area contributed by atoms with Crippen molar-refractivity contribution < 1.29 is 71.0 Å². The predicted molar refractivity (Wildman–Crippen MR) is 148 cm³/mol. The first-order valence-corrected chi connectivity index (χ1v) is 14.9. The number of azo groups is 1. The summed E-state index contributed by atoms with van der Waals surface area (Å²) in [5.41, 5.74) is -0.251. The van der Waals surface area contributed by atoms with Crippen molar-refractivity contribution in [3.8, 4) is 17.2 Å². The van der Waals surface area contributed by atoms with Gasteiger partial charge in [-0.1, -0.05) is 18.2 Å². The maximum Gasteiger partial charge on any atom is 0.425 e. The molecule has 20 heteroatoms. The average molecular weight is 704 g/mol. The fourth-order valence-electron chi connectivity index (χ4n) is 3.58. The van der Waals surface area contributed by atoms with Crippen LogP contribution in [0.2, 0.25) is 0 Å². The maximum atomic E-state index is 11.7. The van der Waals surface area contributed by atoms with Gasteiger partial charge in [-0.3, -0.25) is 9.11 Å². The van der Waals surface area contributed by atoms with Crippen LogP contribution < -0.4 is 10.6 Å². The standard InChI is InChI=1S/C23H20N4O9S2.Cu.O3S/c1-24-13-9-17(23(30)20(10-13)38(34,35)36)26-27-22-15(7-5-12-3-2-4-19(29)21(12)22)25-16-11-14(37(31,32)33)6-8-18(16)28;;1-4(2)3/h2-11,24-25,28-30H,1H3,(H,31,32,33)(H,34,35,36);;.